The predicted octanol–water partition coefficient (Wildman–Crippen LogP) is 14.9. The highest BCUT2D eigenvalue weighted by molar-refractivity contribution is 7.85. The molecule has 100 heavy (non-hydrogen) atoms. The zero-order chi connectivity index (χ0) is 71.2. The summed E-state index contributed by atoms with van der Waals surface area (Å²) in [5, 5.41) is 11.9. The van der Waals surface area contributed by atoms with Gasteiger partial charge in [0, 0.05) is 72.7 Å². The molecule has 534 valence electrons. The Balaban J connectivity index is 0.000000145. The predicted molar refractivity (Wildman–Crippen MR) is 380 cm³/mol. The first-order chi connectivity index (χ1) is 48.1. The van der Waals surface area contributed by atoms with E-state index >= 15 is 0 Å². The number of hydrogen-bond acceptors (Lipinski definition) is 17. The Hall–Kier alpha value is -9.66. The number of carbonyl (C=O) groups is 1. The van der Waals surface area contributed by atoms with Crippen molar-refractivity contribution in [1.82, 2.24) is 52.8 Å². The highest BCUT2D eigenvalue weighted by atomic mass is 32.2. The fourth-order valence-electron chi connectivity index (χ4n) is 12.2. The highest BCUT2D eigenvalue weighted by Crippen LogP contribution is 2.37. The van der Waals surface area contributed by atoms with Crippen molar-refractivity contribution in [2.24, 2.45) is 5.73 Å². The van der Waals surface area contributed by atoms with Gasteiger partial charge in [-0.25, -0.2) is 43.5 Å². The number of methoxy groups -OCH3 is 2. The Morgan fingerprint density at radius 2 is 1.00 bits per heavy atom. The van der Waals surface area contributed by atoms with Crippen LogP contribution in [-0.2, 0) is 14.9 Å². The molecule has 7 N–H and O–H groups in total. The van der Waals surface area contributed by atoms with Crippen LogP contribution in [0.4, 0.5) is 19.4 Å². The van der Waals surface area contributed by atoms with E-state index < -0.39 is 21.8 Å². The first kappa shape index (κ1) is 74.6. The molecule has 0 radical (unpaired) electrons. The number of nitrogens with two attached hydrogens (primary N) is 2. The van der Waals surface area contributed by atoms with Crippen LogP contribution in [0.25, 0.3) is 22.7 Å². The van der Waals surface area contributed by atoms with Gasteiger partial charge in [0.15, 0.2) is 5.75 Å². The lowest BCUT2D eigenvalue weighted by molar-refractivity contribution is 0.0531. The summed E-state index contributed by atoms with van der Waals surface area (Å²) in [7, 11) is -0.739. The number of carbonyl (C=O) groups excluding carboxylic acids is 1. The minimum Gasteiger partial charge on any atom is -0.506 e. The molecule has 0 bridgehead atoms. The summed E-state index contributed by atoms with van der Waals surface area (Å²) in [4.78, 5) is 38.3. The molecule has 4 aliphatic carbocycles. The average molecular weight is 1390 g/mol. The monoisotopic (exact) mass is 1390 g/mol. The Kier molecular flexibility index (Phi) is 26.8. The van der Waals surface area contributed by atoms with E-state index in [1.165, 1.54) is 126 Å². The minimum absolute atomic E-state index is 0.00199. The lowest BCUT2D eigenvalue weighted by Crippen LogP contribution is -2.34. The molecule has 23 nitrogen and oxygen atoms in total. The van der Waals surface area contributed by atoms with Gasteiger partial charge in [-0.05, 0) is 140 Å². The number of aryl methyl sites for hydroxylation is 1. The molecule has 0 saturated heterocycles. The van der Waals surface area contributed by atoms with Gasteiger partial charge in [0.25, 0.3) is 10.1 Å². The van der Waals surface area contributed by atoms with Crippen LogP contribution in [-0.4, -0.2) is 118 Å². The maximum atomic E-state index is 13.1. The standard InChI is InChI=1S/C20H27FN4O3.C16H20FN3O.C13H16N2O.C12H14N2O.C7H8O3S.C6H8N2O/c1-20(2,3)28-19(26)23-9-14(8-21)13-27-16-10-22-18-24-17(12-25(18)11-16)15-6-4-5-7-15;17-7-12(8-18)11-21-14-5-6-16-19-15(10-20(16)9-14)13-3-1-2-4-13;1-16-11-6-7-13-14-12(9-15(13)8-11)10-4-2-3-5-10;15-10-5-6-12-13-11(8-14(12)7-10)9-3-1-2-4-9;1-6-2-4-7(5-3-6)11(8,9)10;1-9-5-2-3-6(7)8-4-5/h8,10-12,15H,4-7,9,13H2,1-3H3,(H,23,26);5-7,9-10,13H,1-4,8,11,18H2;6-10H,2-5H2,1H3;5-9,15H,1-4H2;2-5H,1H3,(H,8,9,10);2-4H,1H3,(H2,7,8)/b14-8-;12-7-;;;;. The normalized spacial score (nSPS) is 15.4. The number of benzene rings is 1. The number of nitrogens with zero attached hydrogens (tertiary/aromatic N) is 10. The smallest absolute Gasteiger partial charge is 0.407 e. The number of amides is 1. The number of imidazole rings is 4. The highest BCUT2D eigenvalue weighted by Gasteiger charge is 2.24. The number of ether oxygens (including phenoxy) is 5. The molecule has 14 rings (SSSR count). The van der Waals surface area contributed by atoms with Crippen LogP contribution in [0.2, 0.25) is 0 Å². The van der Waals surface area contributed by atoms with Gasteiger partial charge in [-0.15, -0.1) is 0 Å². The molecule has 0 unspecified atom stereocenters. The van der Waals surface area contributed by atoms with Crippen molar-refractivity contribution in [2.45, 2.75) is 165 Å². The van der Waals surface area contributed by atoms with Gasteiger partial charge >= 0.3 is 6.09 Å². The van der Waals surface area contributed by atoms with Crippen molar-refractivity contribution >= 4 is 44.7 Å². The quantitative estimate of drug-likeness (QED) is 0.0562. The summed E-state index contributed by atoms with van der Waals surface area (Å²) in [6, 6.07) is 20.7. The molecule has 4 fully saturated rings. The summed E-state index contributed by atoms with van der Waals surface area (Å²) in [5.74, 6) is 6.62. The Bertz CT molecular complexity index is 4410. The van der Waals surface area contributed by atoms with E-state index in [4.69, 9.17) is 39.7 Å². The molecule has 10 aromatic rings. The van der Waals surface area contributed by atoms with E-state index in [9.17, 15) is 27.1 Å². The van der Waals surface area contributed by atoms with Crippen molar-refractivity contribution in [3.63, 3.8) is 0 Å². The zero-order valence-corrected chi connectivity index (χ0v) is 58.6. The molecule has 9 heterocycles. The van der Waals surface area contributed by atoms with E-state index in [2.05, 4.69) is 52.0 Å². The lowest BCUT2D eigenvalue weighted by Gasteiger charge is -2.20. The Morgan fingerprint density at radius 3 is 1.47 bits per heavy atom. The molecule has 4 saturated carbocycles. The Morgan fingerprint density at radius 1 is 0.570 bits per heavy atom. The van der Waals surface area contributed by atoms with Gasteiger partial charge in [-0.2, -0.15) is 8.42 Å². The van der Waals surface area contributed by atoms with Crippen LogP contribution in [0.15, 0.2) is 163 Å². The van der Waals surface area contributed by atoms with Crippen LogP contribution in [0.3, 0.4) is 0 Å². The maximum Gasteiger partial charge on any atom is 0.407 e. The number of fused-ring (bicyclic) bond motifs is 4. The summed E-state index contributed by atoms with van der Waals surface area (Å²) >= 11 is 0. The second kappa shape index (κ2) is 35.9. The van der Waals surface area contributed by atoms with E-state index in [0.29, 0.717) is 65.0 Å². The Labute approximate surface area is 582 Å². The third-order valence-electron chi connectivity index (χ3n) is 17.6. The van der Waals surface area contributed by atoms with Gasteiger partial charge in [-0.3, -0.25) is 8.95 Å². The molecule has 0 spiro atoms. The van der Waals surface area contributed by atoms with Crippen molar-refractivity contribution in [2.75, 3.05) is 46.3 Å². The summed E-state index contributed by atoms with van der Waals surface area (Å²) in [6.07, 6.45) is 39.4. The number of alkyl carbamates (subject to hydrolysis) is 1. The second-order valence-electron chi connectivity index (χ2n) is 26.3. The van der Waals surface area contributed by atoms with Crippen molar-refractivity contribution < 1.29 is 55.3 Å². The number of anilines is 1. The molecular formula is C74H93F2N13O10S. The third-order valence-corrected chi connectivity index (χ3v) is 18.4. The van der Waals surface area contributed by atoms with Gasteiger partial charge in [0.1, 0.15) is 64.6 Å². The number of halogens is 2. The second-order valence-corrected chi connectivity index (χ2v) is 27.7. The summed E-state index contributed by atoms with van der Waals surface area (Å²) in [5.41, 5.74) is 19.3. The molecule has 4 aliphatic rings. The van der Waals surface area contributed by atoms with E-state index in [1.807, 2.05) is 75.2 Å². The van der Waals surface area contributed by atoms with Gasteiger partial charge in [0.05, 0.1) is 91.7 Å². The maximum absolute atomic E-state index is 13.1. The first-order valence-electron chi connectivity index (χ1n) is 34.0. The number of nitrogen functional groups attached to an aromatic ring is 1. The molecule has 1 amide bonds. The molecular weight excluding hydrogens is 1300 g/mol. The van der Waals surface area contributed by atoms with Crippen molar-refractivity contribution in [1.29, 1.82) is 0 Å². The topological polar surface area (TPSA) is 297 Å². The van der Waals surface area contributed by atoms with Crippen LogP contribution in [0.1, 0.15) is 176 Å². The number of aromatic nitrogens is 10. The van der Waals surface area contributed by atoms with Gasteiger partial charge in [-0.1, -0.05) is 69.1 Å². The van der Waals surface area contributed by atoms with Crippen molar-refractivity contribution in [3.8, 4) is 28.7 Å². The minimum atomic E-state index is -4.02. The van der Waals surface area contributed by atoms with E-state index in [1.54, 1.807) is 90.1 Å². The molecule has 26 heteroatoms. The first-order valence-corrected chi connectivity index (χ1v) is 35.4. The van der Waals surface area contributed by atoms with Crippen LogP contribution >= 0.6 is 0 Å². The number of aromatic hydroxyl groups is 1. The van der Waals surface area contributed by atoms with Gasteiger partial charge < -0.3 is 58.8 Å². The third kappa shape index (κ3) is 22.2. The largest absolute Gasteiger partial charge is 0.506 e. The number of nitrogens with one attached hydrogen (secondary N) is 1. The van der Waals surface area contributed by atoms with Crippen molar-refractivity contribution in [3.05, 3.63) is 187 Å². The van der Waals surface area contributed by atoms with Crippen LogP contribution in [0, 0.1) is 6.92 Å². The average Bonchev–Trinajstić information content (AvgIpc) is 1.70. The fourth-order valence-corrected chi connectivity index (χ4v) is 12.6. The SMILES string of the molecule is CC(C)(C)OC(=O)NC/C(=C/F)COc1cnc2nc(C3CCCC3)cn2c1.COc1ccc(N)nc1.COc1ccc2nc(C3CCCC3)cn2c1.Cc1ccc(S(=O)(=O)O)cc1.NC/C(=C/F)COc1ccc2nc(C3CCCC3)cn2c1.Oc1ccc2nc(C3CCCC3)cn2c1. The van der Waals surface area contributed by atoms with Crippen LogP contribution in [0.5, 0.6) is 28.7 Å². The summed E-state index contributed by atoms with van der Waals surface area (Å²) in [6.45, 7) is 7.45. The van der Waals surface area contributed by atoms with E-state index in [0.717, 1.165) is 45.4 Å². The molecule has 1 aromatic carbocycles. The fraction of sp³-hybridized carbons (Fsp3) is 0.419. The number of rotatable bonds is 16. The van der Waals surface area contributed by atoms with E-state index in [-0.39, 0.29) is 42.5 Å². The van der Waals surface area contributed by atoms with Crippen LogP contribution < -0.4 is 35.7 Å². The summed E-state index contributed by atoms with van der Waals surface area (Å²) < 4.78 is 89.3. The molecule has 0 atom stereocenters. The van der Waals surface area contributed by atoms with Gasteiger partial charge in [0.2, 0.25) is 5.78 Å². The zero-order valence-electron chi connectivity index (χ0n) is 57.8. The number of hydrogen-bond donors (Lipinski definition) is 5. The molecule has 0 aliphatic heterocycles. The lowest BCUT2D eigenvalue weighted by atomic mass is 10.1. The molecule has 9 aromatic heterocycles. The number of pyridine rings is 4.